The van der Waals surface area contributed by atoms with Gasteiger partial charge < -0.3 is 13.9 Å². The Hall–Kier alpha value is -0.298. The Morgan fingerprint density at radius 3 is 1.64 bits per heavy atom. The van der Waals surface area contributed by atoms with Gasteiger partial charge in [-0.1, -0.05) is 109 Å². The molecule has 156 valence electrons. The first-order valence-corrected chi connectivity index (χ1v) is 12.3. The van der Waals surface area contributed by atoms with E-state index >= 15 is 0 Å². The van der Waals surface area contributed by atoms with Crippen molar-refractivity contribution in [1.82, 2.24) is 0 Å². The van der Waals surface area contributed by atoms with Gasteiger partial charge in [0.15, 0.2) is 0 Å². The van der Waals surface area contributed by atoms with Crippen LogP contribution in [0.4, 0.5) is 0 Å². The SMILES string of the molecule is CCCCCCCCCCCCCCCCOP(=O)([O-])Oc1ccccc1.[Al+3]. The van der Waals surface area contributed by atoms with Crippen LogP contribution in [0.3, 0.4) is 0 Å². The molecule has 1 atom stereocenters. The molecular formula is C22H38AlO4P+2. The Morgan fingerprint density at radius 1 is 0.750 bits per heavy atom. The van der Waals surface area contributed by atoms with Crippen molar-refractivity contribution in [2.24, 2.45) is 0 Å². The first kappa shape index (κ1) is 27.7. The van der Waals surface area contributed by atoms with Crippen LogP contribution in [0.15, 0.2) is 30.3 Å². The van der Waals surface area contributed by atoms with Gasteiger partial charge in [-0.05, 0) is 18.6 Å². The van der Waals surface area contributed by atoms with Crippen LogP contribution in [0, 0.1) is 0 Å². The summed E-state index contributed by atoms with van der Waals surface area (Å²) >= 11 is 0. The van der Waals surface area contributed by atoms with E-state index in [1.54, 1.807) is 30.3 Å². The predicted molar refractivity (Wildman–Crippen MR) is 117 cm³/mol. The zero-order chi connectivity index (χ0) is 19.6. The molecule has 4 nitrogen and oxygen atoms in total. The average molecular weight is 424 g/mol. The van der Waals surface area contributed by atoms with Gasteiger partial charge in [0.05, 0.1) is 6.61 Å². The molecule has 0 radical (unpaired) electrons. The number of para-hydroxylation sites is 1. The van der Waals surface area contributed by atoms with Crippen molar-refractivity contribution in [1.29, 1.82) is 0 Å². The normalized spacial score (nSPS) is 12.9. The van der Waals surface area contributed by atoms with Crippen molar-refractivity contribution in [3.8, 4) is 5.75 Å². The molecule has 0 spiro atoms. The summed E-state index contributed by atoms with van der Waals surface area (Å²) in [5.41, 5.74) is 0. The van der Waals surface area contributed by atoms with Gasteiger partial charge in [0, 0.05) is 0 Å². The van der Waals surface area contributed by atoms with E-state index in [0.717, 1.165) is 19.3 Å². The maximum absolute atomic E-state index is 11.7. The molecule has 0 aliphatic rings. The van der Waals surface area contributed by atoms with Crippen molar-refractivity contribution < 1.29 is 18.5 Å². The summed E-state index contributed by atoms with van der Waals surface area (Å²) in [5.74, 6) is 0.289. The number of phosphoric ester groups is 1. The summed E-state index contributed by atoms with van der Waals surface area (Å²) in [6.45, 7) is 2.46. The Balaban J connectivity index is 0.00000729. The molecule has 1 unspecified atom stereocenters. The van der Waals surface area contributed by atoms with Crippen molar-refractivity contribution >= 4 is 25.2 Å². The Labute approximate surface area is 183 Å². The third-order valence-electron chi connectivity index (χ3n) is 4.71. The maximum atomic E-state index is 11.7. The van der Waals surface area contributed by atoms with Crippen molar-refractivity contribution in [2.45, 2.75) is 96.8 Å². The molecule has 0 N–H and O–H groups in total. The zero-order valence-corrected chi connectivity index (χ0v) is 19.7. The molecule has 0 fully saturated rings. The van der Waals surface area contributed by atoms with Gasteiger partial charge >= 0.3 is 25.2 Å². The largest absolute Gasteiger partial charge is 3.00 e. The third-order valence-corrected chi connectivity index (χ3v) is 5.64. The van der Waals surface area contributed by atoms with Crippen LogP contribution in [0.25, 0.3) is 0 Å². The Kier molecular flexibility index (Phi) is 18.5. The van der Waals surface area contributed by atoms with Gasteiger partial charge in [0.2, 0.25) is 0 Å². The number of hydrogen-bond acceptors (Lipinski definition) is 4. The van der Waals surface area contributed by atoms with Crippen LogP contribution in [0.5, 0.6) is 5.75 Å². The molecule has 0 aromatic heterocycles. The molecule has 1 aromatic rings. The molecule has 1 rings (SSSR count). The Bertz CT molecular complexity index is 499. The van der Waals surface area contributed by atoms with Crippen LogP contribution < -0.4 is 9.42 Å². The van der Waals surface area contributed by atoms with Crippen LogP contribution in [-0.2, 0) is 9.09 Å². The van der Waals surface area contributed by atoms with Gasteiger partial charge in [-0.25, -0.2) is 0 Å². The number of benzene rings is 1. The number of unbranched alkanes of at least 4 members (excludes halogenated alkanes) is 13. The molecule has 1 aromatic carbocycles. The quantitative estimate of drug-likeness (QED) is 0.150. The molecule has 0 saturated heterocycles. The van der Waals surface area contributed by atoms with Crippen LogP contribution in [0.1, 0.15) is 96.8 Å². The molecule has 28 heavy (non-hydrogen) atoms. The Morgan fingerprint density at radius 2 is 1.18 bits per heavy atom. The van der Waals surface area contributed by atoms with Crippen LogP contribution in [0.2, 0.25) is 0 Å². The average Bonchev–Trinajstić information content (AvgIpc) is 2.65. The van der Waals surface area contributed by atoms with E-state index in [9.17, 15) is 9.46 Å². The van der Waals surface area contributed by atoms with E-state index in [1.807, 2.05) is 0 Å². The second kappa shape index (κ2) is 18.7. The van der Waals surface area contributed by atoms with Crippen LogP contribution >= 0.6 is 7.82 Å². The predicted octanol–water partition coefficient (Wildman–Crippen LogP) is 6.65. The summed E-state index contributed by atoms with van der Waals surface area (Å²) in [4.78, 5) is 11.7. The molecule has 0 amide bonds. The monoisotopic (exact) mass is 424 g/mol. The zero-order valence-electron chi connectivity index (χ0n) is 17.7. The fraction of sp³-hybridized carbons (Fsp3) is 0.727. The van der Waals surface area contributed by atoms with Crippen molar-refractivity contribution in [3.05, 3.63) is 30.3 Å². The second-order valence-corrected chi connectivity index (χ2v) is 8.62. The molecule has 0 saturated carbocycles. The molecule has 0 bridgehead atoms. The van der Waals surface area contributed by atoms with E-state index in [2.05, 4.69) is 6.92 Å². The smallest absolute Gasteiger partial charge is 0.746 e. The molecule has 0 aliphatic heterocycles. The summed E-state index contributed by atoms with van der Waals surface area (Å²) in [7, 11) is -4.25. The minimum Gasteiger partial charge on any atom is -0.746 e. The van der Waals surface area contributed by atoms with Gasteiger partial charge in [0.25, 0.3) is 0 Å². The van der Waals surface area contributed by atoms with Crippen molar-refractivity contribution in [2.75, 3.05) is 6.61 Å². The summed E-state index contributed by atoms with van der Waals surface area (Å²) < 4.78 is 21.5. The van der Waals surface area contributed by atoms with E-state index in [4.69, 9.17) is 9.05 Å². The van der Waals surface area contributed by atoms with E-state index < -0.39 is 7.82 Å². The van der Waals surface area contributed by atoms with E-state index in [0.29, 0.717) is 0 Å². The number of rotatable bonds is 18. The first-order chi connectivity index (χ1) is 13.1. The van der Waals surface area contributed by atoms with Gasteiger partial charge in [-0.3, -0.25) is 4.57 Å². The van der Waals surface area contributed by atoms with Crippen molar-refractivity contribution in [3.63, 3.8) is 0 Å². The number of phosphoric acid groups is 1. The fourth-order valence-electron chi connectivity index (χ4n) is 3.11. The standard InChI is InChI=1S/C22H39O4P.Al/c1-2-3-4-5-6-7-8-9-10-11-12-13-14-18-21-25-27(23,24)26-22-19-16-15-17-20-22;/h15-17,19-20H,2-14,18,21H2,1H3,(H,23,24);/q;+3/p-1. The van der Waals surface area contributed by atoms with Gasteiger partial charge in [0.1, 0.15) is 5.75 Å². The van der Waals surface area contributed by atoms with Gasteiger partial charge in [-0.2, -0.15) is 0 Å². The van der Waals surface area contributed by atoms with Gasteiger partial charge in [-0.15, -0.1) is 0 Å². The molecular weight excluding hydrogens is 386 g/mol. The second-order valence-electron chi connectivity index (χ2n) is 7.28. The number of hydrogen-bond donors (Lipinski definition) is 0. The summed E-state index contributed by atoms with van der Waals surface area (Å²) in [6, 6.07) is 8.45. The minimum atomic E-state index is -4.25. The summed E-state index contributed by atoms with van der Waals surface area (Å²) in [6.07, 6.45) is 17.8. The molecule has 0 heterocycles. The van der Waals surface area contributed by atoms with Crippen LogP contribution in [-0.4, -0.2) is 24.0 Å². The van der Waals surface area contributed by atoms with E-state index in [1.165, 1.54) is 70.6 Å². The first-order valence-electron chi connectivity index (χ1n) is 10.8. The third kappa shape index (κ3) is 16.6. The topological polar surface area (TPSA) is 58.6 Å². The van der Waals surface area contributed by atoms with E-state index in [-0.39, 0.29) is 29.7 Å². The molecule has 6 heteroatoms. The maximum Gasteiger partial charge on any atom is 3.00 e. The minimum absolute atomic E-state index is 0. The molecule has 0 aliphatic carbocycles. The summed E-state index contributed by atoms with van der Waals surface area (Å²) in [5, 5.41) is 0. The fourth-order valence-corrected chi connectivity index (χ4v) is 3.90.